The molecule has 1 saturated heterocycles. The molecule has 1 aliphatic rings. The number of ether oxygens (including phenoxy) is 1. The highest BCUT2D eigenvalue weighted by molar-refractivity contribution is 14.1. The summed E-state index contributed by atoms with van der Waals surface area (Å²) in [6.07, 6.45) is 1.65. The van der Waals surface area contributed by atoms with E-state index in [1.54, 1.807) is 24.3 Å². The third-order valence-electron chi connectivity index (χ3n) is 5.20. The lowest BCUT2D eigenvalue weighted by atomic mass is 10.1. The molecular formula is C26H19ClI2N2O4S. The molecule has 0 radical (unpaired) electrons. The number of thioether (sulfide) groups is 1. The van der Waals surface area contributed by atoms with E-state index in [2.05, 4.69) is 50.5 Å². The first kappa shape index (κ1) is 27.0. The summed E-state index contributed by atoms with van der Waals surface area (Å²) in [7, 11) is 0. The number of aryl methyl sites for hydroxylation is 1. The molecule has 0 aliphatic carbocycles. The molecule has 3 aromatic rings. The van der Waals surface area contributed by atoms with Gasteiger partial charge in [-0.15, -0.1) is 0 Å². The number of rotatable bonds is 7. The lowest BCUT2D eigenvalue weighted by molar-refractivity contribution is -0.127. The fraction of sp³-hybridized carbons (Fsp3) is 0.115. The van der Waals surface area contributed by atoms with Crippen molar-refractivity contribution < 1.29 is 19.1 Å². The minimum atomic E-state index is -0.522. The van der Waals surface area contributed by atoms with E-state index in [4.69, 9.17) is 16.3 Å². The number of hydrogen-bond acceptors (Lipinski definition) is 5. The molecule has 10 heteroatoms. The summed E-state index contributed by atoms with van der Waals surface area (Å²) in [4.78, 5) is 39.4. The van der Waals surface area contributed by atoms with Gasteiger partial charge in [0.05, 0.1) is 8.48 Å². The topological polar surface area (TPSA) is 75.7 Å². The molecule has 0 spiro atoms. The zero-order chi connectivity index (χ0) is 25.8. The summed E-state index contributed by atoms with van der Waals surface area (Å²) in [6, 6.07) is 18.8. The summed E-state index contributed by atoms with van der Waals surface area (Å²) in [5.74, 6) is -0.383. The van der Waals surface area contributed by atoms with E-state index in [-0.39, 0.29) is 4.91 Å². The van der Waals surface area contributed by atoms with Crippen LogP contribution in [-0.4, -0.2) is 28.5 Å². The van der Waals surface area contributed by atoms with Gasteiger partial charge in [0, 0.05) is 19.8 Å². The molecule has 4 rings (SSSR count). The number of halogens is 3. The van der Waals surface area contributed by atoms with E-state index in [1.165, 1.54) is 0 Å². The number of carbonyl (C=O) groups is 3. The molecule has 0 aromatic heterocycles. The van der Waals surface area contributed by atoms with E-state index in [1.807, 2.05) is 49.4 Å². The maximum absolute atomic E-state index is 13.1. The van der Waals surface area contributed by atoms with Gasteiger partial charge in [-0.25, -0.2) is 0 Å². The number of carbonyl (C=O) groups excluding carboxylic acids is 3. The van der Waals surface area contributed by atoms with E-state index < -0.39 is 23.6 Å². The molecule has 3 aromatic carbocycles. The average Bonchev–Trinajstić information content (AvgIpc) is 3.08. The summed E-state index contributed by atoms with van der Waals surface area (Å²) < 4.78 is 7.96. The Morgan fingerprint density at radius 1 is 1.11 bits per heavy atom. The SMILES string of the molecule is Cc1ccc(Cl)cc1NC(=O)CN1C(=O)S/C(=C/c2cc(I)cc(I)c2OCc2ccccc2)C1=O. The molecule has 1 N–H and O–H groups in total. The van der Waals surface area contributed by atoms with Crippen molar-refractivity contribution in [2.75, 3.05) is 11.9 Å². The van der Waals surface area contributed by atoms with Gasteiger partial charge in [0.25, 0.3) is 11.1 Å². The van der Waals surface area contributed by atoms with Crippen LogP contribution in [0.2, 0.25) is 5.02 Å². The van der Waals surface area contributed by atoms with E-state index in [0.29, 0.717) is 28.6 Å². The zero-order valence-corrected chi connectivity index (χ0v) is 24.8. The maximum Gasteiger partial charge on any atom is 0.294 e. The van der Waals surface area contributed by atoms with Crippen molar-refractivity contribution in [2.24, 2.45) is 0 Å². The van der Waals surface area contributed by atoms with Crippen molar-refractivity contribution in [3.8, 4) is 5.75 Å². The second-order valence-corrected chi connectivity index (χ2v) is 11.7. The molecule has 184 valence electrons. The lowest BCUT2D eigenvalue weighted by Crippen LogP contribution is -2.36. The Kier molecular flexibility index (Phi) is 8.96. The number of nitrogens with one attached hydrogen (secondary N) is 1. The second kappa shape index (κ2) is 12.0. The van der Waals surface area contributed by atoms with Crippen molar-refractivity contribution >= 4 is 97.4 Å². The molecule has 1 fully saturated rings. The minimum absolute atomic E-state index is 0.231. The zero-order valence-electron chi connectivity index (χ0n) is 18.9. The number of hydrogen-bond donors (Lipinski definition) is 1. The molecule has 0 bridgehead atoms. The van der Waals surface area contributed by atoms with Gasteiger partial charge in [0.1, 0.15) is 18.9 Å². The van der Waals surface area contributed by atoms with E-state index in [0.717, 1.165) is 34.9 Å². The second-order valence-electron chi connectivity index (χ2n) is 7.86. The van der Waals surface area contributed by atoms with Gasteiger partial charge in [-0.05, 0) is 105 Å². The van der Waals surface area contributed by atoms with Crippen LogP contribution in [0.25, 0.3) is 6.08 Å². The molecule has 1 aliphatic heterocycles. The standard InChI is InChI=1S/C26H19ClI2N2O4S/c1-15-7-8-18(27)11-21(15)30-23(32)13-31-25(33)22(36-26(31)34)10-17-9-19(28)12-20(29)24(17)35-14-16-5-3-2-4-6-16/h2-12H,13-14H2,1H3,(H,30,32)/b22-10+. The van der Waals surface area contributed by atoms with Crippen LogP contribution in [0.1, 0.15) is 16.7 Å². The Balaban J connectivity index is 1.52. The van der Waals surface area contributed by atoms with Crippen molar-refractivity contribution in [3.05, 3.63) is 94.4 Å². The fourth-order valence-corrected chi connectivity index (χ4v) is 6.46. The van der Waals surface area contributed by atoms with Gasteiger partial charge in [-0.3, -0.25) is 19.3 Å². The Morgan fingerprint density at radius 3 is 2.61 bits per heavy atom. The van der Waals surface area contributed by atoms with Crippen molar-refractivity contribution in [3.63, 3.8) is 0 Å². The number of amides is 3. The molecule has 6 nitrogen and oxygen atoms in total. The van der Waals surface area contributed by atoms with Gasteiger partial charge in [-0.2, -0.15) is 0 Å². The van der Waals surface area contributed by atoms with Crippen LogP contribution in [0.4, 0.5) is 10.5 Å². The van der Waals surface area contributed by atoms with E-state index >= 15 is 0 Å². The minimum Gasteiger partial charge on any atom is -0.487 e. The smallest absolute Gasteiger partial charge is 0.294 e. The Hall–Kier alpha value is -2.09. The van der Waals surface area contributed by atoms with Gasteiger partial charge >= 0.3 is 0 Å². The molecule has 0 saturated carbocycles. The van der Waals surface area contributed by atoms with Crippen molar-refractivity contribution in [2.45, 2.75) is 13.5 Å². The molecule has 1 heterocycles. The van der Waals surface area contributed by atoms with Crippen LogP contribution in [0.5, 0.6) is 5.75 Å². The van der Waals surface area contributed by atoms with Crippen LogP contribution >= 0.6 is 68.5 Å². The highest BCUT2D eigenvalue weighted by Gasteiger charge is 2.36. The number of anilines is 1. The first-order valence-corrected chi connectivity index (χ1v) is 14.0. The number of benzene rings is 3. The largest absolute Gasteiger partial charge is 0.487 e. The Bertz CT molecular complexity index is 1380. The summed E-state index contributed by atoms with van der Waals surface area (Å²) >= 11 is 11.2. The molecular weight excluding hydrogens is 726 g/mol. The number of nitrogens with zero attached hydrogens (tertiary/aromatic N) is 1. The monoisotopic (exact) mass is 744 g/mol. The average molecular weight is 745 g/mol. The summed E-state index contributed by atoms with van der Waals surface area (Å²) in [5, 5.41) is 2.69. The Morgan fingerprint density at radius 2 is 1.86 bits per heavy atom. The van der Waals surface area contributed by atoms with Crippen LogP contribution in [0.3, 0.4) is 0 Å². The molecule has 3 amide bonds. The normalized spacial score (nSPS) is 14.4. The Labute approximate surface area is 245 Å². The quantitative estimate of drug-likeness (QED) is 0.206. The predicted octanol–water partition coefficient (Wildman–Crippen LogP) is 7.11. The van der Waals surface area contributed by atoms with Gasteiger partial charge in [0.2, 0.25) is 5.91 Å². The molecule has 0 unspecified atom stereocenters. The summed E-state index contributed by atoms with van der Waals surface area (Å²) in [6.45, 7) is 1.80. The maximum atomic E-state index is 13.1. The van der Waals surface area contributed by atoms with Gasteiger partial charge in [0.15, 0.2) is 0 Å². The third kappa shape index (κ3) is 6.61. The van der Waals surface area contributed by atoms with Crippen molar-refractivity contribution in [1.29, 1.82) is 0 Å². The van der Waals surface area contributed by atoms with Crippen LogP contribution in [-0.2, 0) is 16.2 Å². The predicted molar refractivity (Wildman–Crippen MR) is 160 cm³/mol. The third-order valence-corrected chi connectivity index (χ3v) is 7.77. The fourth-order valence-electron chi connectivity index (χ4n) is 3.41. The molecule has 36 heavy (non-hydrogen) atoms. The van der Waals surface area contributed by atoms with Crippen LogP contribution < -0.4 is 10.1 Å². The van der Waals surface area contributed by atoms with E-state index in [9.17, 15) is 14.4 Å². The van der Waals surface area contributed by atoms with Gasteiger partial charge in [-0.1, -0.05) is 48.0 Å². The molecule has 0 atom stereocenters. The van der Waals surface area contributed by atoms with Crippen LogP contribution in [0, 0.1) is 14.1 Å². The lowest BCUT2D eigenvalue weighted by Gasteiger charge is -2.14. The summed E-state index contributed by atoms with van der Waals surface area (Å²) in [5.41, 5.74) is 3.05. The first-order valence-electron chi connectivity index (χ1n) is 10.7. The highest BCUT2D eigenvalue weighted by Crippen LogP contribution is 2.36. The number of imide groups is 1. The van der Waals surface area contributed by atoms with Crippen molar-refractivity contribution in [1.82, 2.24) is 4.90 Å². The highest BCUT2D eigenvalue weighted by atomic mass is 127. The van der Waals surface area contributed by atoms with Gasteiger partial charge < -0.3 is 10.1 Å². The first-order chi connectivity index (χ1) is 17.2. The van der Waals surface area contributed by atoms with Crippen LogP contribution in [0.15, 0.2) is 65.6 Å².